The Morgan fingerprint density at radius 1 is 1.14 bits per heavy atom. The molecule has 2 N–H and O–H groups in total. The zero-order chi connectivity index (χ0) is 15.2. The lowest BCUT2D eigenvalue weighted by Gasteiger charge is -2.22. The van der Waals surface area contributed by atoms with E-state index >= 15 is 0 Å². The molecule has 0 radical (unpaired) electrons. The molecule has 2 aromatic rings. The van der Waals surface area contributed by atoms with Gasteiger partial charge in [-0.05, 0) is 54.3 Å². The number of benzene rings is 2. The van der Waals surface area contributed by atoms with E-state index in [9.17, 15) is 0 Å². The highest BCUT2D eigenvalue weighted by Gasteiger charge is 2.12. The van der Waals surface area contributed by atoms with E-state index in [4.69, 9.17) is 9.84 Å². The van der Waals surface area contributed by atoms with Gasteiger partial charge in [-0.25, -0.2) is 0 Å². The highest BCUT2D eigenvalue weighted by atomic mass is 16.5. The van der Waals surface area contributed by atoms with Crippen LogP contribution in [-0.4, -0.2) is 24.9 Å². The van der Waals surface area contributed by atoms with Crippen LogP contribution in [0, 0.1) is 0 Å². The zero-order valence-corrected chi connectivity index (χ0v) is 13.1. The van der Waals surface area contributed by atoms with Crippen molar-refractivity contribution in [1.82, 2.24) is 5.32 Å². The zero-order valence-electron chi connectivity index (χ0n) is 13.1. The molecule has 21 heavy (non-hydrogen) atoms. The number of nitrogens with one attached hydrogen (secondary N) is 1. The van der Waals surface area contributed by atoms with Gasteiger partial charge in [0.2, 0.25) is 0 Å². The van der Waals surface area contributed by atoms with E-state index in [1.807, 2.05) is 6.07 Å². The number of rotatable bonds is 7. The first kappa shape index (κ1) is 15.8. The molecule has 0 fully saturated rings. The normalized spacial score (nSPS) is 14.1. The molecule has 0 spiro atoms. The van der Waals surface area contributed by atoms with Crippen LogP contribution in [0.3, 0.4) is 0 Å². The summed E-state index contributed by atoms with van der Waals surface area (Å²) in [5.41, 5.74) is 1.27. The molecule has 0 saturated heterocycles. The van der Waals surface area contributed by atoms with Gasteiger partial charge in [0.05, 0.1) is 7.11 Å². The van der Waals surface area contributed by atoms with Gasteiger partial charge in [-0.15, -0.1) is 0 Å². The van der Waals surface area contributed by atoms with Crippen LogP contribution in [0.5, 0.6) is 5.75 Å². The van der Waals surface area contributed by atoms with Gasteiger partial charge in [0.15, 0.2) is 0 Å². The van der Waals surface area contributed by atoms with Crippen molar-refractivity contribution in [2.24, 2.45) is 0 Å². The van der Waals surface area contributed by atoms with E-state index in [-0.39, 0.29) is 12.6 Å². The van der Waals surface area contributed by atoms with E-state index < -0.39 is 0 Å². The molecule has 0 aromatic heterocycles. The maximum atomic E-state index is 9.09. The van der Waals surface area contributed by atoms with Crippen molar-refractivity contribution in [1.29, 1.82) is 0 Å². The van der Waals surface area contributed by atoms with Crippen LogP contribution in [0.1, 0.15) is 38.3 Å². The second-order valence-electron chi connectivity index (χ2n) is 5.48. The molecule has 0 amide bonds. The Morgan fingerprint density at radius 2 is 1.86 bits per heavy atom. The number of ether oxygens (including phenoxy) is 1. The third-order valence-corrected chi connectivity index (χ3v) is 4.03. The van der Waals surface area contributed by atoms with Crippen LogP contribution in [0.15, 0.2) is 36.4 Å². The van der Waals surface area contributed by atoms with Gasteiger partial charge in [0.25, 0.3) is 0 Å². The van der Waals surface area contributed by atoms with Gasteiger partial charge in [0, 0.05) is 18.7 Å². The van der Waals surface area contributed by atoms with E-state index in [1.165, 1.54) is 16.3 Å². The molecule has 0 aliphatic carbocycles. The lowest BCUT2D eigenvalue weighted by Crippen LogP contribution is -2.31. The Bertz CT molecular complexity index is 582. The first-order valence-electron chi connectivity index (χ1n) is 7.62. The van der Waals surface area contributed by atoms with Crippen molar-refractivity contribution in [2.75, 3.05) is 13.7 Å². The minimum Gasteiger partial charge on any atom is -0.497 e. The summed E-state index contributed by atoms with van der Waals surface area (Å²) in [6.07, 6.45) is 1.82. The molecule has 3 nitrogen and oxygen atoms in total. The van der Waals surface area contributed by atoms with Crippen LogP contribution < -0.4 is 10.1 Å². The maximum absolute atomic E-state index is 9.09. The Hall–Kier alpha value is -1.58. The highest BCUT2D eigenvalue weighted by molar-refractivity contribution is 5.84. The van der Waals surface area contributed by atoms with Gasteiger partial charge in [-0.3, -0.25) is 0 Å². The summed E-state index contributed by atoms with van der Waals surface area (Å²) in [5, 5.41) is 15.1. The second-order valence-corrected chi connectivity index (χ2v) is 5.48. The van der Waals surface area contributed by atoms with E-state index in [0.717, 1.165) is 18.6 Å². The minimum atomic E-state index is 0.232. The molecule has 0 saturated carbocycles. The van der Waals surface area contributed by atoms with Gasteiger partial charge in [0.1, 0.15) is 5.75 Å². The fourth-order valence-electron chi connectivity index (χ4n) is 2.65. The summed E-state index contributed by atoms with van der Waals surface area (Å²) < 4.78 is 5.26. The van der Waals surface area contributed by atoms with E-state index in [0.29, 0.717) is 6.04 Å². The van der Waals surface area contributed by atoms with Crippen molar-refractivity contribution >= 4 is 10.8 Å². The van der Waals surface area contributed by atoms with Crippen molar-refractivity contribution in [3.8, 4) is 5.75 Å². The molecular weight excluding hydrogens is 262 g/mol. The fourth-order valence-corrected chi connectivity index (χ4v) is 2.65. The third-order valence-electron chi connectivity index (χ3n) is 4.03. The molecule has 2 atom stereocenters. The molecule has 2 unspecified atom stereocenters. The number of hydrogen-bond acceptors (Lipinski definition) is 3. The number of methoxy groups -OCH3 is 1. The van der Waals surface area contributed by atoms with Crippen LogP contribution in [-0.2, 0) is 0 Å². The Balaban J connectivity index is 2.17. The lowest BCUT2D eigenvalue weighted by molar-refractivity contribution is 0.257. The SMILES string of the molecule is CCC(CCO)NC(C)c1ccc2cc(OC)ccc2c1. The second kappa shape index (κ2) is 7.43. The van der Waals surface area contributed by atoms with E-state index in [1.54, 1.807) is 7.11 Å². The number of fused-ring (bicyclic) bond motifs is 1. The summed E-state index contributed by atoms with van der Waals surface area (Å²) in [7, 11) is 1.69. The molecule has 0 aliphatic heterocycles. The van der Waals surface area contributed by atoms with Gasteiger partial charge in [-0.1, -0.05) is 25.1 Å². The van der Waals surface area contributed by atoms with Gasteiger partial charge in [-0.2, -0.15) is 0 Å². The molecule has 114 valence electrons. The quantitative estimate of drug-likeness (QED) is 0.816. The van der Waals surface area contributed by atoms with Gasteiger partial charge < -0.3 is 15.2 Å². The summed E-state index contributed by atoms with van der Waals surface area (Å²) in [6, 6.07) is 13.3. The van der Waals surface area contributed by atoms with Crippen LogP contribution >= 0.6 is 0 Å². The van der Waals surface area contributed by atoms with Crippen LogP contribution in [0.25, 0.3) is 10.8 Å². The smallest absolute Gasteiger partial charge is 0.119 e. The Morgan fingerprint density at radius 3 is 2.52 bits per heavy atom. The third kappa shape index (κ3) is 3.96. The monoisotopic (exact) mass is 287 g/mol. The van der Waals surface area contributed by atoms with Crippen molar-refractivity contribution < 1.29 is 9.84 Å². The first-order valence-corrected chi connectivity index (χ1v) is 7.62. The lowest BCUT2D eigenvalue weighted by atomic mass is 10.0. The largest absolute Gasteiger partial charge is 0.497 e. The average Bonchev–Trinajstić information content (AvgIpc) is 2.53. The molecular formula is C18H25NO2. The van der Waals surface area contributed by atoms with Crippen LogP contribution in [0.2, 0.25) is 0 Å². The molecule has 3 heteroatoms. The Kier molecular flexibility index (Phi) is 5.59. The number of aliphatic hydroxyl groups is 1. The predicted octanol–water partition coefficient (Wildman–Crippen LogP) is 3.66. The van der Waals surface area contributed by atoms with Crippen molar-refractivity contribution in [3.63, 3.8) is 0 Å². The molecule has 0 heterocycles. The number of hydrogen-bond donors (Lipinski definition) is 2. The van der Waals surface area contributed by atoms with Gasteiger partial charge >= 0.3 is 0 Å². The van der Waals surface area contributed by atoms with Crippen molar-refractivity contribution in [3.05, 3.63) is 42.0 Å². The van der Waals surface area contributed by atoms with Crippen molar-refractivity contribution in [2.45, 2.75) is 38.8 Å². The standard InChI is InChI=1S/C18H25NO2/c1-4-17(9-10-20)19-13(2)14-5-6-16-12-18(21-3)8-7-15(16)11-14/h5-8,11-13,17,19-20H,4,9-10H2,1-3H3. The highest BCUT2D eigenvalue weighted by Crippen LogP contribution is 2.24. The molecule has 2 rings (SSSR count). The first-order chi connectivity index (χ1) is 10.2. The minimum absolute atomic E-state index is 0.232. The van der Waals surface area contributed by atoms with E-state index in [2.05, 4.69) is 49.5 Å². The van der Waals surface area contributed by atoms with Crippen LogP contribution in [0.4, 0.5) is 0 Å². The summed E-state index contributed by atoms with van der Waals surface area (Å²) in [5.74, 6) is 0.885. The fraction of sp³-hybridized carbons (Fsp3) is 0.444. The molecule has 0 aliphatic rings. The summed E-state index contributed by atoms with van der Waals surface area (Å²) in [6.45, 7) is 4.55. The summed E-state index contributed by atoms with van der Waals surface area (Å²) in [4.78, 5) is 0. The molecule has 2 aromatic carbocycles. The predicted molar refractivity (Wildman–Crippen MR) is 87.8 cm³/mol. The maximum Gasteiger partial charge on any atom is 0.119 e. The average molecular weight is 287 g/mol. The molecule has 0 bridgehead atoms. The Labute approximate surface area is 126 Å². The summed E-state index contributed by atoms with van der Waals surface area (Å²) >= 11 is 0. The topological polar surface area (TPSA) is 41.5 Å². The number of aliphatic hydroxyl groups excluding tert-OH is 1.